The average molecular weight is 430 g/mol. The van der Waals surface area contributed by atoms with Crippen LogP contribution in [-0.4, -0.2) is 32.7 Å². The Bertz CT molecular complexity index is 977. The second-order valence-electron chi connectivity index (χ2n) is 7.04. The number of aryl methyl sites for hydroxylation is 2. The Hall–Kier alpha value is -2.38. The molecule has 152 valence electrons. The van der Waals surface area contributed by atoms with Crippen LogP contribution >= 0.6 is 24.0 Å². The summed E-state index contributed by atoms with van der Waals surface area (Å²) in [5, 5.41) is 8.68. The molecule has 0 aliphatic carbocycles. The molecule has 1 aromatic heterocycles. The van der Waals surface area contributed by atoms with Crippen LogP contribution in [0.1, 0.15) is 42.6 Å². The van der Waals surface area contributed by atoms with Gasteiger partial charge >= 0.3 is 5.97 Å². The monoisotopic (exact) mass is 429 g/mol. The normalized spacial score (nSPS) is 15.5. The van der Waals surface area contributed by atoms with E-state index in [1.807, 2.05) is 18.2 Å². The summed E-state index contributed by atoms with van der Waals surface area (Å²) in [6.07, 6.45) is 3.96. The van der Waals surface area contributed by atoms with Crippen LogP contribution in [0.25, 0.3) is 17.4 Å². The fourth-order valence-electron chi connectivity index (χ4n) is 3.03. The highest BCUT2D eigenvalue weighted by atomic mass is 32.2. The smallest absolute Gasteiger partial charge is 0.303 e. The fraction of sp³-hybridized carbons (Fsp3) is 0.318. The highest BCUT2D eigenvalue weighted by Crippen LogP contribution is 2.34. The minimum absolute atomic E-state index is 0.123. The highest BCUT2D eigenvalue weighted by molar-refractivity contribution is 8.26. The topological polar surface area (TPSA) is 70.8 Å². The second-order valence-corrected chi connectivity index (χ2v) is 8.71. The van der Waals surface area contributed by atoms with E-state index in [0.29, 0.717) is 28.0 Å². The van der Waals surface area contributed by atoms with Crippen LogP contribution < -0.4 is 0 Å². The molecule has 1 aromatic carbocycles. The minimum Gasteiger partial charge on any atom is -0.481 e. The highest BCUT2D eigenvalue weighted by Gasteiger charge is 2.31. The number of carbonyl (C=O) groups is 2. The summed E-state index contributed by atoms with van der Waals surface area (Å²) >= 11 is 6.61. The molecule has 0 unspecified atom stereocenters. The largest absolute Gasteiger partial charge is 0.481 e. The van der Waals surface area contributed by atoms with Crippen LogP contribution in [0.2, 0.25) is 0 Å². The number of carboxylic acids is 1. The predicted molar refractivity (Wildman–Crippen MR) is 120 cm³/mol. The zero-order valence-corrected chi connectivity index (χ0v) is 18.1. The molecule has 0 bridgehead atoms. The molecule has 0 atom stereocenters. The van der Waals surface area contributed by atoms with Crippen LogP contribution in [0.3, 0.4) is 0 Å². The van der Waals surface area contributed by atoms with Crippen molar-refractivity contribution in [3.63, 3.8) is 0 Å². The van der Waals surface area contributed by atoms with Gasteiger partial charge < -0.3 is 9.52 Å². The number of hydrogen-bond donors (Lipinski definition) is 1. The molecular weight excluding hydrogens is 406 g/mol. The number of benzene rings is 1. The number of rotatable bonds is 8. The third-order valence-corrected chi connectivity index (χ3v) is 6.22. The van der Waals surface area contributed by atoms with Crippen LogP contribution in [0.4, 0.5) is 0 Å². The zero-order chi connectivity index (χ0) is 21.0. The standard InChI is InChI=1S/C22H23NO4S2/c1-14-7-8-16(12-15(14)2)18-10-9-17(27-18)13-19-21(26)23(22(28)29-19)11-5-3-4-6-20(24)25/h7-10,12-13H,3-6,11H2,1-2H3,(H,24,25)/b19-13-. The Kier molecular flexibility index (Phi) is 6.92. The van der Waals surface area contributed by atoms with Crippen molar-refractivity contribution in [2.75, 3.05) is 6.54 Å². The van der Waals surface area contributed by atoms with Crippen LogP contribution in [0.5, 0.6) is 0 Å². The summed E-state index contributed by atoms with van der Waals surface area (Å²) in [7, 11) is 0. The van der Waals surface area contributed by atoms with Gasteiger partial charge in [0.2, 0.25) is 0 Å². The summed E-state index contributed by atoms with van der Waals surface area (Å²) in [6.45, 7) is 4.64. The Balaban J connectivity index is 1.64. The van der Waals surface area contributed by atoms with Crippen molar-refractivity contribution < 1.29 is 19.1 Å². The molecule has 2 aromatic rings. The number of nitrogens with zero attached hydrogens (tertiary/aromatic N) is 1. The molecule has 1 aliphatic heterocycles. The molecule has 7 heteroatoms. The van der Waals surface area contributed by atoms with E-state index in [1.165, 1.54) is 22.9 Å². The van der Waals surface area contributed by atoms with Gasteiger partial charge in [0.1, 0.15) is 15.8 Å². The van der Waals surface area contributed by atoms with Gasteiger partial charge in [-0.1, -0.05) is 42.5 Å². The van der Waals surface area contributed by atoms with Crippen molar-refractivity contribution in [3.8, 4) is 11.3 Å². The van der Waals surface area contributed by atoms with Gasteiger partial charge in [0.05, 0.1) is 4.91 Å². The van der Waals surface area contributed by atoms with Gasteiger partial charge in [-0.2, -0.15) is 0 Å². The van der Waals surface area contributed by atoms with Crippen molar-refractivity contribution in [1.82, 2.24) is 4.90 Å². The Morgan fingerprint density at radius 1 is 1.17 bits per heavy atom. The molecule has 1 saturated heterocycles. The van der Waals surface area contributed by atoms with Crippen LogP contribution in [0.15, 0.2) is 39.7 Å². The van der Waals surface area contributed by atoms with E-state index in [4.69, 9.17) is 21.7 Å². The number of hydrogen-bond acceptors (Lipinski definition) is 5. The van der Waals surface area contributed by atoms with E-state index in [1.54, 1.807) is 11.0 Å². The molecule has 0 spiro atoms. The lowest BCUT2D eigenvalue weighted by atomic mass is 10.1. The maximum Gasteiger partial charge on any atom is 0.303 e. The summed E-state index contributed by atoms with van der Waals surface area (Å²) in [4.78, 5) is 25.3. The van der Waals surface area contributed by atoms with Crippen molar-refractivity contribution in [1.29, 1.82) is 0 Å². The van der Waals surface area contributed by atoms with E-state index in [9.17, 15) is 9.59 Å². The quantitative estimate of drug-likeness (QED) is 0.344. The SMILES string of the molecule is Cc1ccc(-c2ccc(/C=C3\SC(=S)N(CCCCCC(=O)O)C3=O)o2)cc1C. The van der Waals surface area contributed by atoms with E-state index in [2.05, 4.69) is 26.0 Å². The summed E-state index contributed by atoms with van der Waals surface area (Å²) in [5.41, 5.74) is 3.43. The fourth-order valence-corrected chi connectivity index (χ4v) is 4.31. The first kappa shape index (κ1) is 21.3. The zero-order valence-electron chi connectivity index (χ0n) is 16.4. The van der Waals surface area contributed by atoms with E-state index in [0.717, 1.165) is 24.2 Å². The van der Waals surface area contributed by atoms with Crippen molar-refractivity contribution in [2.45, 2.75) is 39.5 Å². The average Bonchev–Trinajstić information content (AvgIpc) is 3.23. The molecule has 1 amide bonds. The van der Waals surface area contributed by atoms with Gasteiger partial charge in [0.25, 0.3) is 5.91 Å². The number of carbonyl (C=O) groups excluding carboxylic acids is 1. The number of amides is 1. The Morgan fingerprint density at radius 2 is 1.97 bits per heavy atom. The molecule has 0 radical (unpaired) electrons. The first-order chi connectivity index (χ1) is 13.8. The summed E-state index contributed by atoms with van der Waals surface area (Å²) in [6, 6.07) is 9.92. The molecule has 29 heavy (non-hydrogen) atoms. The molecule has 1 aliphatic rings. The molecule has 0 saturated carbocycles. The number of aliphatic carboxylic acids is 1. The number of thioether (sulfide) groups is 1. The van der Waals surface area contributed by atoms with E-state index >= 15 is 0 Å². The van der Waals surface area contributed by atoms with Crippen molar-refractivity contribution >= 4 is 46.3 Å². The lowest BCUT2D eigenvalue weighted by Crippen LogP contribution is -2.29. The number of furan rings is 1. The first-order valence-electron chi connectivity index (χ1n) is 9.50. The third-order valence-electron chi connectivity index (χ3n) is 4.84. The first-order valence-corrected chi connectivity index (χ1v) is 10.7. The molecule has 1 N–H and O–H groups in total. The van der Waals surface area contributed by atoms with Gasteiger partial charge in [-0.25, -0.2) is 0 Å². The van der Waals surface area contributed by atoms with Gasteiger partial charge in [-0.3, -0.25) is 14.5 Å². The van der Waals surface area contributed by atoms with Crippen LogP contribution in [0, 0.1) is 13.8 Å². The van der Waals surface area contributed by atoms with Crippen molar-refractivity contribution in [2.24, 2.45) is 0 Å². The van der Waals surface area contributed by atoms with Gasteiger partial charge in [0, 0.05) is 24.6 Å². The Morgan fingerprint density at radius 3 is 2.69 bits per heavy atom. The van der Waals surface area contributed by atoms with Crippen LogP contribution in [-0.2, 0) is 9.59 Å². The number of carboxylic acid groups (broad SMARTS) is 1. The third kappa shape index (κ3) is 5.36. The van der Waals surface area contributed by atoms with Crippen molar-refractivity contribution in [3.05, 3.63) is 52.1 Å². The van der Waals surface area contributed by atoms with E-state index < -0.39 is 5.97 Å². The lowest BCUT2D eigenvalue weighted by molar-refractivity contribution is -0.137. The lowest BCUT2D eigenvalue weighted by Gasteiger charge is -2.13. The summed E-state index contributed by atoms with van der Waals surface area (Å²) < 4.78 is 6.45. The molecular formula is C22H23NO4S2. The van der Waals surface area contributed by atoms with E-state index in [-0.39, 0.29) is 12.3 Å². The molecule has 1 fully saturated rings. The maximum absolute atomic E-state index is 12.7. The number of unbranched alkanes of at least 4 members (excludes halogenated alkanes) is 2. The molecule has 3 rings (SSSR count). The molecule has 2 heterocycles. The second kappa shape index (κ2) is 9.41. The van der Waals surface area contributed by atoms with Gasteiger partial charge in [0.15, 0.2) is 0 Å². The molecule has 5 nitrogen and oxygen atoms in total. The summed E-state index contributed by atoms with van der Waals surface area (Å²) in [5.74, 6) is 0.452. The maximum atomic E-state index is 12.7. The minimum atomic E-state index is -0.794. The number of thiocarbonyl (C=S) groups is 1. The predicted octanol–water partition coefficient (Wildman–Crippen LogP) is 5.41. The van der Waals surface area contributed by atoms with Gasteiger partial charge in [-0.15, -0.1) is 0 Å². The Labute approximate surface area is 179 Å². The van der Waals surface area contributed by atoms with Gasteiger partial charge in [-0.05, 0) is 56.0 Å².